The largest absolute Gasteiger partial charge is 0.298 e. The highest BCUT2D eigenvalue weighted by Crippen LogP contribution is 2.25. The van der Waals surface area contributed by atoms with Gasteiger partial charge in [0.2, 0.25) is 0 Å². The SMILES string of the molecule is Cn1cc(C=O)c(-c2cccs2)n1. The lowest BCUT2D eigenvalue weighted by Crippen LogP contribution is -1.86. The van der Waals surface area contributed by atoms with E-state index < -0.39 is 0 Å². The molecule has 0 aliphatic heterocycles. The smallest absolute Gasteiger partial charge is 0.153 e. The van der Waals surface area contributed by atoms with Crippen molar-refractivity contribution < 1.29 is 4.79 Å². The normalized spacial score (nSPS) is 10.2. The summed E-state index contributed by atoms with van der Waals surface area (Å²) in [6.07, 6.45) is 2.56. The van der Waals surface area contributed by atoms with E-state index in [1.54, 1.807) is 22.2 Å². The van der Waals surface area contributed by atoms with Gasteiger partial charge in [0.25, 0.3) is 0 Å². The van der Waals surface area contributed by atoms with Crippen LogP contribution in [0.2, 0.25) is 0 Å². The van der Waals surface area contributed by atoms with Gasteiger partial charge < -0.3 is 0 Å². The summed E-state index contributed by atoms with van der Waals surface area (Å²) in [5, 5.41) is 6.19. The van der Waals surface area contributed by atoms with Gasteiger partial charge in [-0.1, -0.05) is 6.07 Å². The van der Waals surface area contributed by atoms with Crippen LogP contribution in [0.15, 0.2) is 23.7 Å². The van der Waals surface area contributed by atoms with Crippen molar-refractivity contribution in [1.82, 2.24) is 9.78 Å². The molecule has 2 rings (SSSR count). The Hall–Kier alpha value is -1.42. The molecule has 0 amide bonds. The predicted molar refractivity (Wildman–Crippen MR) is 51.9 cm³/mol. The first kappa shape index (κ1) is 8.19. The lowest BCUT2D eigenvalue weighted by molar-refractivity contribution is 0.112. The maximum absolute atomic E-state index is 10.7. The number of carbonyl (C=O) groups excluding carboxylic acids is 1. The molecule has 0 saturated carbocycles. The minimum absolute atomic E-state index is 0.643. The summed E-state index contributed by atoms with van der Waals surface area (Å²) in [6, 6.07) is 3.91. The van der Waals surface area contributed by atoms with Gasteiger partial charge in [0.15, 0.2) is 6.29 Å². The quantitative estimate of drug-likeness (QED) is 0.682. The number of thiophene rings is 1. The van der Waals surface area contributed by atoms with E-state index in [2.05, 4.69) is 5.10 Å². The summed E-state index contributed by atoms with van der Waals surface area (Å²) in [5.41, 5.74) is 1.41. The third kappa shape index (κ3) is 1.40. The molecule has 0 fully saturated rings. The number of aromatic nitrogens is 2. The molecule has 2 heterocycles. The molecule has 0 spiro atoms. The Bertz CT molecular complexity index is 417. The Morgan fingerprint density at radius 3 is 3.08 bits per heavy atom. The zero-order chi connectivity index (χ0) is 9.26. The zero-order valence-corrected chi connectivity index (χ0v) is 7.91. The van der Waals surface area contributed by atoms with Crippen molar-refractivity contribution in [2.75, 3.05) is 0 Å². The van der Waals surface area contributed by atoms with Gasteiger partial charge in [-0.2, -0.15) is 5.10 Å². The molecule has 0 aromatic carbocycles. The number of nitrogens with zero attached hydrogens (tertiary/aromatic N) is 2. The fourth-order valence-electron chi connectivity index (χ4n) is 1.20. The summed E-state index contributed by atoms with van der Waals surface area (Å²) in [7, 11) is 1.81. The first-order valence-corrected chi connectivity index (χ1v) is 4.72. The van der Waals surface area contributed by atoms with Gasteiger partial charge in [0.05, 0.1) is 10.4 Å². The molecule has 13 heavy (non-hydrogen) atoms. The molecule has 0 N–H and O–H groups in total. The average molecular weight is 192 g/mol. The van der Waals surface area contributed by atoms with E-state index in [-0.39, 0.29) is 0 Å². The Labute approximate surface area is 79.6 Å². The van der Waals surface area contributed by atoms with Crippen LogP contribution in [-0.4, -0.2) is 16.1 Å². The van der Waals surface area contributed by atoms with E-state index >= 15 is 0 Å². The van der Waals surface area contributed by atoms with Crippen LogP contribution < -0.4 is 0 Å². The van der Waals surface area contributed by atoms with E-state index in [9.17, 15) is 4.79 Å². The van der Waals surface area contributed by atoms with E-state index in [1.807, 2.05) is 24.6 Å². The van der Waals surface area contributed by atoms with Crippen molar-refractivity contribution in [3.05, 3.63) is 29.3 Å². The molecular formula is C9H8N2OS. The topological polar surface area (TPSA) is 34.9 Å². The fourth-order valence-corrected chi connectivity index (χ4v) is 1.93. The molecule has 0 aliphatic rings. The summed E-state index contributed by atoms with van der Waals surface area (Å²) < 4.78 is 1.65. The van der Waals surface area contributed by atoms with Crippen LogP contribution >= 0.6 is 11.3 Å². The van der Waals surface area contributed by atoms with Gasteiger partial charge in [-0.05, 0) is 11.4 Å². The molecular weight excluding hydrogens is 184 g/mol. The number of aryl methyl sites for hydroxylation is 1. The summed E-state index contributed by atoms with van der Waals surface area (Å²) in [4.78, 5) is 11.7. The average Bonchev–Trinajstić information content (AvgIpc) is 2.71. The Kier molecular flexibility index (Phi) is 1.98. The highest BCUT2D eigenvalue weighted by Gasteiger charge is 2.09. The lowest BCUT2D eigenvalue weighted by Gasteiger charge is -1.89. The highest BCUT2D eigenvalue weighted by atomic mass is 32.1. The van der Waals surface area contributed by atoms with Gasteiger partial charge in [-0.3, -0.25) is 9.48 Å². The van der Waals surface area contributed by atoms with Crippen molar-refractivity contribution in [2.24, 2.45) is 7.05 Å². The van der Waals surface area contributed by atoms with Gasteiger partial charge >= 0.3 is 0 Å². The van der Waals surface area contributed by atoms with E-state index in [0.717, 1.165) is 16.9 Å². The van der Waals surface area contributed by atoms with E-state index in [1.165, 1.54) is 0 Å². The molecule has 2 aromatic rings. The van der Waals surface area contributed by atoms with Crippen LogP contribution in [0, 0.1) is 0 Å². The number of hydrogen-bond donors (Lipinski definition) is 0. The molecule has 3 nitrogen and oxygen atoms in total. The van der Waals surface area contributed by atoms with Gasteiger partial charge in [-0.15, -0.1) is 11.3 Å². The van der Waals surface area contributed by atoms with Crippen molar-refractivity contribution in [1.29, 1.82) is 0 Å². The molecule has 66 valence electrons. The fraction of sp³-hybridized carbons (Fsp3) is 0.111. The lowest BCUT2D eigenvalue weighted by atomic mass is 10.2. The minimum atomic E-state index is 0.643. The second-order valence-electron chi connectivity index (χ2n) is 2.70. The van der Waals surface area contributed by atoms with Crippen molar-refractivity contribution >= 4 is 17.6 Å². The molecule has 0 radical (unpaired) electrons. The van der Waals surface area contributed by atoms with Crippen molar-refractivity contribution in [2.45, 2.75) is 0 Å². The van der Waals surface area contributed by atoms with Crippen LogP contribution in [0.1, 0.15) is 10.4 Å². The van der Waals surface area contributed by atoms with Crippen LogP contribution in [-0.2, 0) is 7.05 Å². The molecule has 0 atom stereocenters. The third-order valence-corrected chi connectivity index (χ3v) is 2.62. The minimum Gasteiger partial charge on any atom is -0.298 e. The molecule has 0 unspecified atom stereocenters. The summed E-state index contributed by atoms with van der Waals surface area (Å²) in [6.45, 7) is 0. The molecule has 4 heteroatoms. The first-order chi connectivity index (χ1) is 6.31. The van der Waals surface area contributed by atoms with Gasteiger partial charge in [-0.25, -0.2) is 0 Å². The predicted octanol–water partition coefficient (Wildman–Crippen LogP) is 1.96. The van der Waals surface area contributed by atoms with Crippen LogP contribution in [0.3, 0.4) is 0 Å². The monoisotopic (exact) mass is 192 g/mol. The molecule has 2 aromatic heterocycles. The summed E-state index contributed by atoms with van der Waals surface area (Å²) >= 11 is 1.58. The number of carbonyl (C=O) groups is 1. The Morgan fingerprint density at radius 2 is 2.46 bits per heavy atom. The van der Waals surface area contributed by atoms with Crippen molar-refractivity contribution in [3.8, 4) is 10.6 Å². The number of aldehydes is 1. The Morgan fingerprint density at radius 1 is 1.62 bits per heavy atom. The molecule has 0 aliphatic carbocycles. The van der Waals surface area contributed by atoms with Crippen LogP contribution in [0.4, 0.5) is 0 Å². The van der Waals surface area contributed by atoms with E-state index in [0.29, 0.717) is 5.56 Å². The maximum atomic E-state index is 10.7. The second kappa shape index (κ2) is 3.14. The number of rotatable bonds is 2. The van der Waals surface area contributed by atoms with Crippen LogP contribution in [0.5, 0.6) is 0 Å². The standard InChI is InChI=1S/C9H8N2OS/c1-11-5-7(6-12)9(10-11)8-3-2-4-13-8/h2-6H,1H3. The van der Waals surface area contributed by atoms with E-state index in [4.69, 9.17) is 0 Å². The molecule has 0 saturated heterocycles. The third-order valence-electron chi connectivity index (χ3n) is 1.74. The van der Waals surface area contributed by atoms with Crippen molar-refractivity contribution in [3.63, 3.8) is 0 Å². The summed E-state index contributed by atoms with van der Waals surface area (Å²) in [5.74, 6) is 0. The van der Waals surface area contributed by atoms with Crippen LogP contribution in [0.25, 0.3) is 10.6 Å². The first-order valence-electron chi connectivity index (χ1n) is 3.84. The van der Waals surface area contributed by atoms with Gasteiger partial charge in [0, 0.05) is 13.2 Å². The number of hydrogen-bond acceptors (Lipinski definition) is 3. The maximum Gasteiger partial charge on any atom is 0.153 e. The Balaban J connectivity index is 2.56. The second-order valence-corrected chi connectivity index (χ2v) is 3.65. The zero-order valence-electron chi connectivity index (χ0n) is 7.10. The molecule has 0 bridgehead atoms. The van der Waals surface area contributed by atoms with Gasteiger partial charge in [0.1, 0.15) is 5.69 Å². The highest BCUT2D eigenvalue weighted by molar-refractivity contribution is 7.13.